The molecule has 1 saturated heterocycles. The van der Waals surface area contributed by atoms with Crippen LogP contribution in [-0.2, 0) is 17.8 Å². The maximum absolute atomic E-state index is 13.3. The van der Waals surface area contributed by atoms with Crippen LogP contribution in [0.15, 0.2) is 53.0 Å². The second-order valence-electron chi connectivity index (χ2n) is 6.07. The molecule has 0 bridgehead atoms. The van der Waals surface area contributed by atoms with Gasteiger partial charge in [-0.15, -0.1) is 0 Å². The van der Waals surface area contributed by atoms with Crippen LogP contribution >= 0.6 is 15.9 Å². The summed E-state index contributed by atoms with van der Waals surface area (Å²) in [5, 5.41) is 0. The normalized spacial score (nSPS) is 15.5. The van der Waals surface area contributed by atoms with E-state index in [9.17, 15) is 9.18 Å². The van der Waals surface area contributed by atoms with E-state index in [-0.39, 0.29) is 11.7 Å². The minimum absolute atomic E-state index is 0.186. The smallest absolute Gasteiger partial charge is 0.227 e. The van der Waals surface area contributed by atoms with E-state index < -0.39 is 0 Å². The summed E-state index contributed by atoms with van der Waals surface area (Å²) in [6, 6.07) is 15.0. The van der Waals surface area contributed by atoms with E-state index >= 15 is 0 Å². The molecule has 1 amide bonds. The topological polar surface area (TPSA) is 23.6 Å². The fourth-order valence-corrected chi connectivity index (χ4v) is 3.36. The van der Waals surface area contributed by atoms with Crippen LogP contribution in [0, 0.1) is 5.82 Å². The summed E-state index contributed by atoms with van der Waals surface area (Å²) < 4.78 is 13.8. The zero-order valence-electron chi connectivity index (χ0n) is 13.4. The zero-order chi connectivity index (χ0) is 16.9. The van der Waals surface area contributed by atoms with Crippen molar-refractivity contribution in [2.45, 2.75) is 13.0 Å². The number of nitrogens with zero attached hydrogens (tertiary/aromatic N) is 2. The first-order chi connectivity index (χ1) is 11.6. The van der Waals surface area contributed by atoms with Gasteiger partial charge in [-0.2, -0.15) is 0 Å². The second-order valence-corrected chi connectivity index (χ2v) is 6.92. The van der Waals surface area contributed by atoms with E-state index in [0.717, 1.165) is 43.9 Å². The first kappa shape index (κ1) is 17.1. The van der Waals surface area contributed by atoms with Gasteiger partial charge >= 0.3 is 0 Å². The molecule has 2 aromatic carbocycles. The Kier molecular flexibility index (Phi) is 5.63. The Balaban J connectivity index is 1.50. The first-order valence-electron chi connectivity index (χ1n) is 8.10. The van der Waals surface area contributed by atoms with Crippen molar-refractivity contribution < 1.29 is 9.18 Å². The highest BCUT2D eigenvalue weighted by atomic mass is 79.9. The molecule has 1 heterocycles. The highest BCUT2D eigenvalue weighted by molar-refractivity contribution is 9.10. The molecule has 3 rings (SSSR count). The maximum atomic E-state index is 13.3. The summed E-state index contributed by atoms with van der Waals surface area (Å²) >= 11 is 3.22. The predicted molar refractivity (Wildman–Crippen MR) is 96.1 cm³/mol. The largest absolute Gasteiger partial charge is 0.340 e. The van der Waals surface area contributed by atoms with Crippen LogP contribution in [-0.4, -0.2) is 41.9 Å². The molecule has 0 atom stereocenters. The summed E-state index contributed by atoms with van der Waals surface area (Å²) in [6.07, 6.45) is 0.464. The van der Waals surface area contributed by atoms with Crippen LogP contribution in [0.3, 0.4) is 0 Å². The van der Waals surface area contributed by atoms with Gasteiger partial charge in [-0.05, 0) is 39.2 Å². The lowest BCUT2D eigenvalue weighted by atomic mass is 10.1. The number of halogens is 2. The van der Waals surface area contributed by atoms with E-state index in [2.05, 4.69) is 20.8 Å². The fraction of sp³-hybridized carbons (Fsp3) is 0.316. The van der Waals surface area contributed by atoms with Crippen molar-refractivity contribution in [1.82, 2.24) is 9.80 Å². The minimum Gasteiger partial charge on any atom is -0.340 e. The maximum Gasteiger partial charge on any atom is 0.227 e. The van der Waals surface area contributed by atoms with Gasteiger partial charge in [-0.25, -0.2) is 4.39 Å². The molecule has 0 unspecified atom stereocenters. The number of hydrogen-bond donors (Lipinski definition) is 0. The van der Waals surface area contributed by atoms with Gasteiger partial charge in [0.25, 0.3) is 0 Å². The highest BCUT2D eigenvalue weighted by Gasteiger charge is 2.21. The Hall–Kier alpha value is -1.72. The summed E-state index contributed by atoms with van der Waals surface area (Å²) in [6.45, 7) is 3.95. The Morgan fingerprint density at radius 1 is 1.00 bits per heavy atom. The lowest BCUT2D eigenvalue weighted by Crippen LogP contribution is -2.48. The Labute approximate surface area is 150 Å². The number of piperazine rings is 1. The third kappa shape index (κ3) is 4.42. The van der Waals surface area contributed by atoms with Crippen LogP contribution in [0.1, 0.15) is 11.1 Å². The molecule has 0 aromatic heterocycles. The summed E-state index contributed by atoms with van der Waals surface area (Å²) in [7, 11) is 0. The summed E-state index contributed by atoms with van der Waals surface area (Å²) in [4.78, 5) is 16.6. The number of hydrogen-bond acceptors (Lipinski definition) is 2. The third-order valence-electron chi connectivity index (χ3n) is 4.31. The van der Waals surface area contributed by atoms with Crippen molar-refractivity contribution in [2.24, 2.45) is 0 Å². The van der Waals surface area contributed by atoms with E-state index in [4.69, 9.17) is 0 Å². The van der Waals surface area contributed by atoms with Gasteiger partial charge in [0.2, 0.25) is 5.91 Å². The van der Waals surface area contributed by atoms with Crippen LogP contribution in [0.4, 0.5) is 4.39 Å². The van der Waals surface area contributed by atoms with E-state index in [1.54, 1.807) is 0 Å². The number of carbonyl (C=O) groups excluding carboxylic acids is 1. The van der Waals surface area contributed by atoms with Crippen molar-refractivity contribution in [2.75, 3.05) is 26.2 Å². The second kappa shape index (κ2) is 7.90. The van der Waals surface area contributed by atoms with Gasteiger partial charge in [-0.1, -0.05) is 36.4 Å². The van der Waals surface area contributed by atoms with Crippen LogP contribution in [0.5, 0.6) is 0 Å². The van der Waals surface area contributed by atoms with Crippen LogP contribution < -0.4 is 0 Å². The molecule has 24 heavy (non-hydrogen) atoms. The van der Waals surface area contributed by atoms with Crippen molar-refractivity contribution in [3.63, 3.8) is 0 Å². The monoisotopic (exact) mass is 390 g/mol. The van der Waals surface area contributed by atoms with Gasteiger partial charge in [0.05, 0.1) is 10.9 Å². The van der Waals surface area contributed by atoms with Crippen molar-refractivity contribution in [3.05, 3.63) is 69.9 Å². The fourth-order valence-electron chi connectivity index (χ4n) is 2.93. The van der Waals surface area contributed by atoms with Crippen LogP contribution in [0.25, 0.3) is 0 Å². The highest BCUT2D eigenvalue weighted by Crippen LogP contribution is 2.18. The molecule has 0 saturated carbocycles. The van der Waals surface area contributed by atoms with Gasteiger partial charge in [0.15, 0.2) is 0 Å². The molecule has 0 N–H and O–H groups in total. The number of benzene rings is 2. The Bertz CT molecular complexity index is 700. The lowest BCUT2D eigenvalue weighted by molar-refractivity contribution is -0.132. The van der Waals surface area contributed by atoms with E-state index in [1.807, 2.05) is 47.4 Å². The molecular formula is C19H20BrFN2O. The Morgan fingerprint density at radius 2 is 1.71 bits per heavy atom. The molecule has 5 heteroatoms. The summed E-state index contributed by atoms with van der Waals surface area (Å²) in [5.74, 6) is -0.0551. The quantitative estimate of drug-likeness (QED) is 0.797. The standard InChI is InChI=1S/C19H20BrFN2O/c20-17-12-16(6-7-18(17)21)14-22-8-10-23(11-9-22)19(24)13-15-4-2-1-3-5-15/h1-7,12H,8-11,13-14H2. The molecule has 1 aliphatic heterocycles. The van der Waals surface area contributed by atoms with Gasteiger partial charge < -0.3 is 4.90 Å². The number of carbonyl (C=O) groups is 1. The number of rotatable bonds is 4. The predicted octanol–water partition coefficient (Wildman–Crippen LogP) is 3.48. The van der Waals surface area contributed by atoms with Crippen molar-refractivity contribution in [1.29, 1.82) is 0 Å². The van der Waals surface area contributed by atoms with Gasteiger partial charge in [0, 0.05) is 32.7 Å². The molecule has 0 spiro atoms. The molecule has 0 aliphatic carbocycles. The van der Waals surface area contributed by atoms with Crippen molar-refractivity contribution >= 4 is 21.8 Å². The van der Waals surface area contributed by atoms with E-state index in [0.29, 0.717) is 10.9 Å². The Morgan fingerprint density at radius 3 is 2.38 bits per heavy atom. The van der Waals surface area contributed by atoms with Gasteiger partial charge in [-0.3, -0.25) is 9.69 Å². The molecule has 1 fully saturated rings. The van der Waals surface area contributed by atoms with E-state index in [1.165, 1.54) is 6.07 Å². The van der Waals surface area contributed by atoms with Crippen molar-refractivity contribution in [3.8, 4) is 0 Å². The summed E-state index contributed by atoms with van der Waals surface area (Å²) in [5.41, 5.74) is 2.13. The minimum atomic E-state index is -0.241. The molecule has 2 aromatic rings. The third-order valence-corrected chi connectivity index (χ3v) is 4.92. The molecule has 3 nitrogen and oxygen atoms in total. The van der Waals surface area contributed by atoms with Gasteiger partial charge in [0.1, 0.15) is 5.82 Å². The molecular weight excluding hydrogens is 371 g/mol. The first-order valence-corrected chi connectivity index (χ1v) is 8.89. The average molecular weight is 391 g/mol. The lowest BCUT2D eigenvalue weighted by Gasteiger charge is -2.35. The average Bonchev–Trinajstić information content (AvgIpc) is 2.60. The zero-order valence-corrected chi connectivity index (χ0v) is 15.0. The SMILES string of the molecule is O=C(Cc1ccccc1)N1CCN(Cc2ccc(F)c(Br)c2)CC1. The molecule has 0 radical (unpaired) electrons. The molecule has 1 aliphatic rings. The molecule has 126 valence electrons. The van der Waals surface area contributed by atoms with Crippen LogP contribution in [0.2, 0.25) is 0 Å². The number of amides is 1.